The van der Waals surface area contributed by atoms with Gasteiger partial charge in [-0.3, -0.25) is 4.79 Å². The Morgan fingerprint density at radius 2 is 1.89 bits per heavy atom. The summed E-state index contributed by atoms with van der Waals surface area (Å²) < 4.78 is 60.9. The van der Waals surface area contributed by atoms with Crippen LogP contribution in [-0.2, 0) is 4.79 Å². The first-order chi connectivity index (χ1) is 8.05. The van der Waals surface area contributed by atoms with Crippen molar-refractivity contribution < 1.29 is 26.7 Å². The van der Waals surface area contributed by atoms with Crippen molar-refractivity contribution in [1.82, 2.24) is 4.98 Å². The number of aromatic nitrogens is 1. The van der Waals surface area contributed by atoms with Crippen molar-refractivity contribution in [3.05, 3.63) is 16.7 Å². The first-order valence-electron chi connectivity index (χ1n) is 4.22. The Bertz CT molecular complexity index is 476. The summed E-state index contributed by atoms with van der Waals surface area (Å²) in [4.78, 5) is 14.3. The molecule has 0 saturated heterocycles. The monoisotopic (exact) mass is 333 g/mol. The molecule has 0 bridgehead atoms. The SMILES string of the molecule is Nc1cnc(NC(=O)C(F)(F)C(F)(F)F)c(Br)c1. The molecule has 0 spiro atoms. The lowest BCUT2D eigenvalue weighted by molar-refractivity contribution is -0.267. The van der Waals surface area contributed by atoms with Gasteiger partial charge >= 0.3 is 18.0 Å². The molecule has 1 heterocycles. The van der Waals surface area contributed by atoms with Crippen LogP contribution >= 0.6 is 15.9 Å². The quantitative estimate of drug-likeness (QED) is 0.817. The third kappa shape index (κ3) is 2.86. The third-order valence-corrected chi connectivity index (χ3v) is 2.34. The number of carbonyl (C=O) groups is 1. The van der Waals surface area contributed by atoms with E-state index in [2.05, 4.69) is 20.9 Å². The van der Waals surface area contributed by atoms with Crippen molar-refractivity contribution in [3.8, 4) is 0 Å². The van der Waals surface area contributed by atoms with Gasteiger partial charge in [0, 0.05) is 0 Å². The first kappa shape index (κ1) is 14.6. The van der Waals surface area contributed by atoms with E-state index in [0.29, 0.717) is 0 Å². The Labute approximate surface area is 105 Å². The highest BCUT2D eigenvalue weighted by atomic mass is 79.9. The van der Waals surface area contributed by atoms with E-state index in [9.17, 15) is 26.7 Å². The second kappa shape index (κ2) is 4.67. The molecule has 0 aliphatic carbocycles. The van der Waals surface area contributed by atoms with Gasteiger partial charge in [0.05, 0.1) is 16.4 Å². The topological polar surface area (TPSA) is 68.0 Å². The van der Waals surface area contributed by atoms with Crippen molar-refractivity contribution in [1.29, 1.82) is 0 Å². The molecule has 0 unspecified atom stereocenters. The summed E-state index contributed by atoms with van der Waals surface area (Å²) in [5.41, 5.74) is 5.42. The Morgan fingerprint density at radius 3 is 2.33 bits per heavy atom. The molecule has 3 N–H and O–H groups in total. The summed E-state index contributed by atoms with van der Waals surface area (Å²) in [5.74, 6) is -8.51. The Hall–Kier alpha value is -1.45. The number of nitrogens with two attached hydrogens (primary N) is 1. The van der Waals surface area contributed by atoms with Crippen molar-refractivity contribution in [3.63, 3.8) is 0 Å². The van der Waals surface area contributed by atoms with Gasteiger partial charge in [0.2, 0.25) is 0 Å². The Balaban J connectivity index is 2.95. The van der Waals surface area contributed by atoms with Crippen molar-refractivity contribution >= 4 is 33.3 Å². The van der Waals surface area contributed by atoms with Crippen LogP contribution < -0.4 is 11.1 Å². The predicted molar refractivity (Wildman–Crippen MR) is 56.0 cm³/mol. The zero-order chi connectivity index (χ0) is 14.1. The van der Waals surface area contributed by atoms with Crippen LogP contribution in [0.5, 0.6) is 0 Å². The van der Waals surface area contributed by atoms with Gasteiger partial charge in [0.15, 0.2) is 0 Å². The highest BCUT2D eigenvalue weighted by Gasteiger charge is 2.63. The number of pyridine rings is 1. The van der Waals surface area contributed by atoms with Gasteiger partial charge in [0.25, 0.3) is 0 Å². The minimum atomic E-state index is -5.97. The normalized spacial score (nSPS) is 12.3. The van der Waals surface area contributed by atoms with Crippen molar-refractivity contribution in [2.45, 2.75) is 12.1 Å². The van der Waals surface area contributed by atoms with Crippen LogP contribution in [0.15, 0.2) is 16.7 Å². The molecule has 100 valence electrons. The number of carbonyl (C=O) groups excluding carboxylic acids is 1. The maximum atomic E-state index is 12.6. The number of nitrogen functional groups attached to an aromatic ring is 1. The van der Waals surface area contributed by atoms with Crippen LogP contribution in [0.4, 0.5) is 33.5 Å². The predicted octanol–water partition coefficient (Wildman–Crippen LogP) is 2.56. The minimum absolute atomic E-state index is 0.0196. The zero-order valence-electron chi connectivity index (χ0n) is 8.36. The number of rotatable bonds is 2. The molecule has 18 heavy (non-hydrogen) atoms. The number of hydrogen-bond acceptors (Lipinski definition) is 3. The van der Waals surface area contributed by atoms with Crippen LogP contribution in [0.25, 0.3) is 0 Å². The van der Waals surface area contributed by atoms with Gasteiger partial charge in [-0.25, -0.2) is 4.98 Å². The van der Waals surface area contributed by atoms with Crippen molar-refractivity contribution in [2.24, 2.45) is 0 Å². The van der Waals surface area contributed by atoms with E-state index < -0.39 is 23.8 Å². The van der Waals surface area contributed by atoms with Gasteiger partial charge in [-0.15, -0.1) is 0 Å². The summed E-state index contributed by atoms with van der Waals surface area (Å²) in [6, 6.07) is 1.19. The molecule has 1 aromatic rings. The standard InChI is InChI=1S/C8H5BrF5N3O/c9-4-1-3(15)2-16-5(4)17-6(18)7(10,11)8(12,13)14/h1-2H,15H2,(H,16,17,18). The lowest BCUT2D eigenvalue weighted by Gasteiger charge is -2.18. The molecular formula is C8H5BrF5N3O. The fourth-order valence-corrected chi connectivity index (χ4v) is 1.33. The van der Waals surface area contributed by atoms with E-state index in [-0.39, 0.29) is 10.2 Å². The number of nitrogens with one attached hydrogen (secondary N) is 1. The molecule has 0 fully saturated rings. The van der Waals surface area contributed by atoms with Crippen LogP contribution in [0, 0.1) is 0 Å². The second-order valence-electron chi connectivity index (χ2n) is 3.13. The van der Waals surface area contributed by atoms with Crippen LogP contribution in [0.2, 0.25) is 0 Å². The van der Waals surface area contributed by atoms with Gasteiger partial charge in [0.1, 0.15) is 5.82 Å². The van der Waals surface area contributed by atoms with E-state index >= 15 is 0 Å². The van der Waals surface area contributed by atoms with E-state index in [1.54, 1.807) is 0 Å². The molecule has 1 rings (SSSR count). The molecule has 0 saturated carbocycles. The van der Waals surface area contributed by atoms with E-state index in [4.69, 9.17) is 5.73 Å². The zero-order valence-corrected chi connectivity index (χ0v) is 9.94. The lowest BCUT2D eigenvalue weighted by atomic mass is 10.3. The fraction of sp³-hybridized carbons (Fsp3) is 0.250. The van der Waals surface area contributed by atoms with Gasteiger partial charge in [-0.05, 0) is 22.0 Å². The molecule has 4 nitrogen and oxygen atoms in total. The second-order valence-corrected chi connectivity index (χ2v) is 3.98. The first-order valence-corrected chi connectivity index (χ1v) is 5.02. The highest BCUT2D eigenvalue weighted by Crippen LogP contribution is 2.36. The summed E-state index contributed by atoms with van der Waals surface area (Å²) in [6.07, 6.45) is -4.98. The Morgan fingerprint density at radius 1 is 1.33 bits per heavy atom. The third-order valence-electron chi connectivity index (χ3n) is 1.74. The number of amides is 1. The fourth-order valence-electron chi connectivity index (χ4n) is 0.859. The molecule has 10 heteroatoms. The summed E-state index contributed by atoms with van der Waals surface area (Å²) in [6.45, 7) is 0. The van der Waals surface area contributed by atoms with Crippen LogP contribution in [0.3, 0.4) is 0 Å². The van der Waals surface area contributed by atoms with E-state index in [1.807, 2.05) is 0 Å². The number of hydrogen-bond donors (Lipinski definition) is 2. The average Bonchev–Trinajstić information content (AvgIpc) is 2.20. The van der Waals surface area contributed by atoms with E-state index in [0.717, 1.165) is 6.20 Å². The smallest absolute Gasteiger partial charge is 0.397 e. The molecule has 1 aromatic heterocycles. The Kier molecular flexibility index (Phi) is 3.79. The largest absolute Gasteiger partial charge is 0.463 e. The molecule has 0 aromatic carbocycles. The minimum Gasteiger partial charge on any atom is -0.397 e. The maximum Gasteiger partial charge on any atom is 0.463 e. The number of alkyl halides is 5. The highest BCUT2D eigenvalue weighted by molar-refractivity contribution is 9.10. The van der Waals surface area contributed by atoms with Crippen molar-refractivity contribution in [2.75, 3.05) is 11.1 Å². The molecule has 0 aliphatic heterocycles. The summed E-state index contributed by atoms with van der Waals surface area (Å²) >= 11 is 2.81. The average molecular weight is 334 g/mol. The van der Waals surface area contributed by atoms with Gasteiger partial charge in [-0.2, -0.15) is 22.0 Å². The summed E-state index contributed by atoms with van der Waals surface area (Å²) in [7, 11) is 0. The molecule has 0 aliphatic rings. The maximum absolute atomic E-state index is 12.6. The van der Waals surface area contributed by atoms with Gasteiger partial charge < -0.3 is 11.1 Å². The number of anilines is 2. The number of nitrogens with zero attached hydrogens (tertiary/aromatic N) is 1. The molecular weight excluding hydrogens is 329 g/mol. The summed E-state index contributed by atoms with van der Waals surface area (Å²) in [5, 5.41) is 1.36. The number of halogens is 6. The lowest BCUT2D eigenvalue weighted by Crippen LogP contribution is -2.47. The van der Waals surface area contributed by atoms with E-state index in [1.165, 1.54) is 11.4 Å². The van der Waals surface area contributed by atoms with Crippen LogP contribution in [-0.4, -0.2) is 23.0 Å². The molecule has 0 atom stereocenters. The molecule has 1 amide bonds. The molecule has 0 radical (unpaired) electrons. The van der Waals surface area contributed by atoms with Crippen LogP contribution in [0.1, 0.15) is 0 Å². The van der Waals surface area contributed by atoms with Gasteiger partial charge in [-0.1, -0.05) is 0 Å².